The lowest BCUT2D eigenvalue weighted by molar-refractivity contribution is 0.0962. The number of Topliss-reactive ketones (excluding diaryl/α,β-unsaturated/α-hetero) is 1. The Labute approximate surface area is 116 Å². The zero-order chi connectivity index (χ0) is 13.9. The van der Waals surface area contributed by atoms with Crippen LogP contribution in [-0.2, 0) is 0 Å². The second kappa shape index (κ2) is 5.19. The summed E-state index contributed by atoms with van der Waals surface area (Å²) in [6.07, 6.45) is 1.51. The Kier molecular flexibility index (Phi) is 3.23. The van der Waals surface area contributed by atoms with E-state index in [1.165, 1.54) is 6.08 Å². The number of carbonyl (C=O) groups is 1. The third-order valence-corrected chi connectivity index (χ3v) is 3.22. The van der Waals surface area contributed by atoms with E-state index in [4.69, 9.17) is 0 Å². The minimum Gasteiger partial charge on any atom is -0.508 e. The van der Waals surface area contributed by atoms with Gasteiger partial charge in [-0.1, -0.05) is 42.5 Å². The molecule has 3 N–H and O–H groups in total. The summed E-state index contributed by atoms with van der Waals surface area (Å²) >= 11 is 0. The maximum atomic E-state index is 12.3. The van der Waals surface area contributed by atoms with Crippen LogP contribution in [0.15, 0.2) is 60.7 Å². The number of para-hydroxylation sites is 1. The van der Waals surface area contributed by atoms with Crippen LogP contribution in [0.4, 0.5) is 5.69 Å². The summed E-state index contributed by atoms with van der Waals surface area (Å²) in [7, 11) is 0. The molecule has 0 aliphatic heterocycles. The van der Waals surface area contributed by atoms with Crippen LogP contribution in [0.5, 0.6) is 0 Å². The fourth-order valence-electron chi connectivity index (χ4n) is 2.20. The molecular weight excluding hydrogens is 252 g/mol. The number of rotatable bonds is 3. The number of hydrazine groups is 1. The van der Waals surface area contributed by atoms with Crippen molar-refractivity contribution < 1.29 is 9.90 Å². The minimum absolute atomic E-state index is 0.0677. The molecule has 2 aromatic carbocycles. The molecule has 0 fully saturated rings. The molecule has 0 saturated heterocycles. The van der Waals surface area contributed by atoms with E-state index in [0.29, 0.717) is 11.1 Å². The summed E-state index contributed by atoms with van der Waals surface area (Å²) in [5.41, 5.74) is 7.85. The molecule has 1 aliphatic rings. The molecule has 0 bridgehead atoms. The van der Waals surface area contributed by atoms with Crippen molar-refractivity contribution in [2.45, 2.75) is 6.04 Å². The first kappa shape index (κ1) is 12.4. The van der Waals surface area contributed by atoms with Gasteiger partial charge in [-0.15, -0.1) is 0 Å². The first-order valence-electron chi connectivity index (χ1n) is 6.37. The molecule has 0 radical (unpaired) electrons. The predicted molar refractivity (Wildman–Crippen MR) is 78.4 cm³/mol. The smallest absolute Gasteiger partial charge is 0.186 e. The van der Waals surface area contributed by atoms with Crippen LogP contribution in [0.1, 0.15) is 15.9 Å². The molecule has 4 nitrogen and oxygen atoms in total. The highest BCUT2D eigenvalue weighted by atomic mass is 16.3. The molecule has 1 unspecified atom stereocenters. The Morgan fingerprint density at radius 2 is 1.55 bits per heavy atom. The van der Waals surface area contributed by atoms with E-state index in [2.05, 4.69) is 10.9 Å². The van der Waals surface area contributed by atoms with Crippen molar-refractivity contribution in [1.82, 2.24) is 5.43 Å². The molecule has 100 valence electrons. The molecular formula is C16H14N2O2. The highest BCUT2D eigenvalue weighted by Crippen LogP contribution is 2.24. The van der Waals surface area contributed by atoms with Crippen molar-refractivity contribution in [3.05, 3.63) is 71.8 Å². The van der Waals surface area contributed by atoms with Crippen LogP contribution in [0.2, 0.25) is 0 Å². The lowest BCUT2D eigenvalue weighted by Gasteiger charge is -2.22. The van der Waals surface area contributed by atoms with Gasteiger partial charge in [-0.2, -0.15) is 0 Å². The molecule has 0 heterocycles. The molecule has 0 aromatic heterocycles. The van der Waals surface area contributed by atoms with Gasteiger partial charge in [-0.3, -0.25) is 4.79 Å². The van der Waals surface area contributed by atoms with Crippen molar-refractivity contribution in [3.63, 3.8) is 0 Å². The van der Waals surface area contributed by atoms with Crippen molar-refractivity contribution in [3.8, 4) is 0 Å². The van der Waals surface area contributed by atoms with Crippen molar-refractivity contribution in [1.29, 1.82) is 0 Å². The van der Waals surface area contributed by atoms with Crippen LogP contribution < -0.4 is 10.9 Å². The zero-order valence-electron chi connectivity index (χ0n) is 10.7. The standard InChI is InChI=1S/C16H14N2O2/c19-15-10-14(18-17-11-6-2-1-3-7-11)16(20)13-9-5-4-8-12(13)15/h1-10,14,17-19H. The largest absolute Gasteiger partial charge is 0.508 e. The number of ketones is 1. The first-order chi connectivity index (χ1) is 9.75. The van der Waals surface area contributed by atoms with Gasteiger partial charge in [0, 0.05) is 16.8 Å². The average Bonchev–Trinajstić information content (AvgIpc) is 2.50. The highest BCUT2D eigenvalue weighted by molar-refractivity contribution is 6.07. The summed E-state index contributed by atoms with van der Waals surface area (Å²) in [5, 5.41) is 9.99. The van der Waals surface area contributed by atoms with E-state index in [9.17, 15) is 9.90 Å². The van der Waals surface area contributed by atoms with Crippen LogP contribution in [0, 0.1) is 0 Å². The van der Waals surface area contributed by atoms with Gasteiger partial charge in [0.05, 0.1) is 0 Å². The summed E-state index contributed by atoms with van der Waals surface area (Å²) in [6, 6.07) is 15.9. The maximum absolute atomic E-state index is 12.3. The monoisotopic (exact) mass is 266 g/mol. The van der Waals surface area contributed by atoms with E-state index in [-0.39, 0.29) is 11.5 Å². The SMILES string of the molecule is O=C1c2ccccc2C(O)=CC1NNc1ccccc1. The van der Waals surface area contributed by atoms with E-state index in [0.717, 1.165) is 5.69 Å². The van der Waals surface area contributed by atoms with E-state index >= 15 is 0 Å². The summed E-state index contributed by atoms with van der Waals surface area (Å²) in [5.74, 6) is 0.0504. The fraction of sp³-hybridized carbons (Fsp3) is 0.0625. The Balaban J connectivity index is 1.79. The molecule has 20 heavy (non-hydrogen) atoms. The van der Waals surface area contributed by atoms with Crippen molar-refractivity contribution in [2.75, 3.05) is 5.43 Å². The number of hydrogen-bond acceptors (Lipinski definition) is 4. The Bertz CT molecular complexity index is 665. The summed E-state index contributed by atoms with van der Waals surface area (Å²) < 4.78 is 0. The lowest BCUT2D eigenvalue weighted by atomic mass is 9.92. The molecule has 2 aromatic rings. The minimum atomic E-state index is -0.592. The lowest BCUT2D eigenvalue weighted by Crippen LogP contribution is -2.41. The molecule has 0 spiro atoms. The molecule has 4 heteroatoms. The normalized spacial score (nSPS) is 17.3. The van der Waals surface area contributed by atoms with Gasteiger partial charge >= 0.3 is 0 Å². The molecule has 1 atom stereocenters. The Morgan fingerprint density at radius 1 is 0.900 bits per heavy atom. The van der Waals surface area contributed by atoms with Gasteiger partial charge in [0.25, 0.3) is 0 Å². The van der Waals surface area contributed by atoms with Gasteiger partial charge < -0.3 is 10.5 Å². The van der Waals surface area contributed by atoms with Crippen LogP contribution in [0.25, 0.3) is 5.76 Å². The highest BCUT2D eigenvalue weighted by Gasteiger charge is 2.26. The van der Waals surface area contributed by atoms with Crippen molar-refractivity contribution >= 4 is 17.2 Å². The Morgan fingerprint density at radius 3 is 2.30 bits per heavy atom. The predicted octanol–water partition coefficient (Wildman–Crippen LogP) is 2.77. The quantitative estimate of drug-likeness (QED) is 0.748. The van der Waals surface area contributed by atoms with Crippen LogP contribution in [0.3, 0.4) is 0 Å². The number of anilines is 1. The maximum Gasteiger partial charge on any atom is 0.186 e. The third kappa shape index (κ3) is 2.29. The number of carbonyl (C=O) groups excluding carboxylic acids is 1. The first-order valence-corrected chi connectivity index (χ1v) is 6.37. The number of hydrogen-bond donors (Lipinski definition) is 3. The number of aliphatic hydroxyl groups excluding tert-OH is 1. The summed E-state index contributed by atoms with van der Waals surface area (Å²) in [6.45, 7) is 0. The van der Waals surface area contributed by atoms with Gasteiger partial charge in [0.2, 0.25) is 0 Å². The van der Waals surface area contributed by atoms with Gasteiger partial charge in [0.15, 0.2) is 5.78 Å². The zero-order valence-corrected chi connectivity index (χ0v) is 10.7. The molecule has 0 saturated carbocycles. The fourth-order valence-corrected chi connectivity index (χ4v) is 2.20. The van der Waals surface area contributed by atoms with Gasteiger partial charge in [-0.25, -0.2) is 5.43 Å². The van der Waals surface area contributed by atoms with Crippen molar-refractivity contribution in [2.24, 2.45) is 0 Å². The van der Waals surface area contributed by atoms with E-state index < -0.39 is 6.04 Å². The van der Waals surface area contributed by atoms with E-state index in [1.807, 2.05) is 30.3 Å². The third-order valence-electron chi connectivity index (χ3n) is 3.22. The van der Waals surface area contributed by atoms with E-state index in [1.54, 1.807) is 24.3 Å². The number of aliphatic hydroxyl groups is 1. The van der Waals surface area contributed by atoms with Crippen LogP contribution in [-0.4, -0.2) is 16.9 Å². The van der Waals surface area contributed by atoms with Crippen LogP contribution >= 0.6 is 0 Å². The topological polar surface area (TPSA) is 61.4 Å². The second-order valence-electron chi connectivity index (χ2n) is 4.57. The summed E-state index contributed by atoms with van der Waals surface area (Å²) in [4.78, 5) is 12.3. The van der Waals surface area contributed by atoms with Gasteiger partial charge in [0.1, 0.15) is 11.8 Å². The molecule has 0 amide bonds. The average molecular weight is 266 g/mol. The Hall–Kier alpha value is -2.59. The molecule has 1 aliphatic carbocycles. The molecule has 3 rings (SSSR count). The van der Waals surface area contributed by atoms with Gasteiger partial charge in [-0.05, 0) is 18.2 Å². The second-order valence-corrected chi connectivity index (χ2v) is 4.57. The number of fused-ring (bicyclic) bond motifs is 1. The number of benzene rings is 2. The number of nitrogens with one attached hydrogen (secondary N) is 2.